The third-order valence-corrected chi connectivity index (χ3v) is 7.53. The van der Waals surface area contributed by atoms with Crippen LogP contribution in [0.1, 0.15) is 28.9 Å². The second-order valence-electron chi connectivity index (χ2n) is 6.97. The number of methoxy groups -OCH3 is 1. The van der Waals surface area contributed by atoms with Crippen molar-refractivity contribution in [3.05, 3.63) is 47.7 Å². The summed E-state index contributed by atoms with van der Waals surface area (Å²) in [5, 5.41) is 7.09. The number of amides is 1. The Morgan fingerprint density at radius 1 is 1.14 bits per heavy atom. The van der Waals surface area contributed by atoms with Crippen molar-refractivity contribution in [2.24, 2.45) is 0 Å². The second-order valence-corrected chi connectivity index (χ2v) is 9.11. The van der Waals surface area contributed by atoms with Gasteiger partial charge in [-0.3, -0.25) is 9.10 Å². The fourth-order valence-electron chi connectivity index (χ4n) is 3.82. The third-order valence-electron chi connectivity index (χ3n) is 5.31. The Morgan fingerprint density at radius 2 is 1.96 bits per heavy atom. The van der Waals surface area contributed by atoms with Crippen molar-refractivity contribution in [2.45, 2.75) is 24.5 Å². The number of benzene rings is 1. The lowest BCUT2D eigenvalue weighted by Crippen LogP contribution is -2.49. The molecule has 0 spiro atoms. The third kappa shape index (κ3) is 3.30. The summed E-state index contributed by atoms with van der Waals surface area (Å²) in [5.41, 5.74) is 1.99. The van der Waals surface area contributed by atoms with Crippen LogP contribution in [0.4, 0.5) is 5.69 Å². The van der Waals surface area contributed by atoms with Crippen molar-refractivity contribution in [2.75, 3.05) is 31.0 Å². The molecule has 0 unspecified atom stereocenters. The number of carbonyl (C=O) groups is 1. The number of hydrogen-bond donors (Lipinski definition) is 0. The molecule has 1 fully saturated rings. The number of aromatic nitrogens is 2. The average molecular weight is 402 g/mol. The molecule has 148 valence electrons. The van der Waals surface area contributed by atoms with Gasteiger partial charge in [0.1, 0.15) is 0 Å². The number of anilines is 1. The van der Waals surface area contributed by atoms with Crippen LogP contribution in [0.2, 0.25) is 0 Å². The van der Waals surface area contributed by atoms with Crippen molar-refractivity contribution < 1.29 is 17.9 Å². The van der Waals surface area contributed by atoms with Crippen LogP contribution < -0.4 is 9.04 Å². The van der Waals surface area contributed by atoms with Crippen LogP contribution in [0.5, 0.6) is 5.88 Å². The molecular weight excluding hydrogens is 380 g/mol. The van der Waals surface area contributed by atoms with Crippen LogP contribution in [0.15, 0.2) is 36.4 Å². The van der Waals surface area contributed by atoms with Gasteiger partial charge in [-0.15, -0.1) is 10.2 Å². The van der Waals surface area contributed by atoms with Gasteiger partial charge in [-0.2, -0.15) is 0 Å². The van der Waals surface area contributed by atoms with Crippen LogP contribution in [0, 0.1) is 0 Å². The van der Waals surface area contributed by atoms with E-state index in [0.717, 1.165) is 11.3 Å². The lowest BCUT2D eigenvalue weighted by Gasteiger charge is -2.34. The molecule has 0 aliphatic carbocycles. The zero-order chi connectivity index (χ0) is 19.7. The first-order chi connectivity index (χ1) is 13.5. The number of para-hydroxylation sites is 1. The molecule has 2 aliphatic heterocycles. The van der Waals surface area contributed by atoms with E-state index in [0.29, 0.717) is 38.2 Å². The van der Waals surface area contributed by atoms with E-state index in [9.17, 15) is 13.2 Å². The standard InChI is InChI=1S/C19H22N4O4S/c1-27-18-9-8-16(20-21-18)19(24)22-11-4-6-15(13-22)28(25,26)23-12-10-14-5-2-3-7-17(14)23/h2-3,5,7-9,15H,4,6,10-13H2,1H3/t15-/m0/s1. The zero-order valence-corrected chi connectivity index (χ0v) is 16.4. The smallest absolute Gasteiger partial charge is 0.274 e. The molecule has 0 saturated carbocycles. The van der Waals surface area contributed by atoms with Crippen LogP contribution in [-0.2, 0) is 16.4 Å². The topological polar surface area (TPSA) is 92.7 Å². The van der Waals surface area contributed by atoms with Gasteiger partial charge in [0.05, 0.1) is 18.0 Å². The van der Waals surface area contributed by atoms with E-state index in [1.807, 2.05) is 24.3 Å². The number of sulfonamides is 1. The van der Waals surface area contributed by atoms with Crippen LogP contribution in [-0.4, -0.2) is 61.4 Å². The maximum Gasteiger partial charge on any atom is 0.274 e. The van der Waals surface area contributed by atoms with Gasteiger partial charge < -0.3 is 9.64 Å². The maximum absolute atomic E-state index is 13.3. The monoisotopic (exact) mass is 402 g/mol. The van der Waals surface area contributed by atoms with Gasteiger partial charge in [-0.1, -0.05) is 18.2 Å². The summed E-state index contributed by atoms with van der Waals surface area (Å²) in [5.74, 6) is 0.0141. The Kier molecular flexibility index (Phi) is 4.92. The molecule has 1 amide bonds. The summed E-state index contributed by atoms with van der Waals surface area (Å²) < 4.78 is 33.0. The number of nitrogens with zero attached hydrogens (tertiary/aromatic N) is 4. The van der Waals surface area contributed by atoms with E-state index in [1.165, 1.54) is 11.4 Å². The van der Waals surface area contributed by atoms with Gasteiger partial charge in [0.15, 0.2) is 5.69 Å². The molecule has 2 aliphatic rings. The first-order valence-electron chi connectivity index (χ1n) is 9.27. The number of hydrogen-bond acceptors (Lipinski definition) is 6. The molecule has 0 bridgehead atoms. The van der Waals surface area contributed by atoms with Crippen molar-refractivity contribution in [3.63, 3.8) is 0 Å². The molecule has 4 rings (SSSR count). The fourth-order valence-corrected chi connectivity index (χ4v) is 5.81. The molecular formula is C19H22N4O4S. The molecule has 2 aromatic rings. The summed E-state index contributed by atoms with van der Waals surface area (Å²) in [6.45, 7) is 1.12. The molecule has 28 heavy (non-hydrogen) atoms. The first kappa shape index (κ1) is 18.7. The predicted molar refractivity (Wildman–Crippen MR) is 104 cm³/mol. The Morgan fingerprint density at radius 3 is 2.71 bits per heavy atom. The SMILES string of the molecule is COc1ccc(C(=O)N2CCC[C@H](S(=O)(=O)N3CCc4ccccc43)C2)nn1. The van der Waals surface area contributed by atoms with Gasteiger partial charge in [0, 0.05) is 25.7 Å². The predicted octanol–water partition coefficient (Wildman–Crippen LogP) is 1.48. The Labute approximate surface area is 164 Å². The first-order valence-corrected chi connectivity index (χ1v) is 10.8. The van der Waals surface area contributed by atoms with Crippen molar-refractivity contribution in [3.8, 4) is 5.88 Å². The van der Waals surface area contributed by atoms with E-state index >= 15 is 0 Å². The largest absolute Gasteiger partial charge is 0.480 e. The van der Waals surface area contributed by atoms with E-state index in [2.05, 4.69) is 10.2 Å². The van der Waals surface area contributed by atoms with E-state index in [1.54, 1.807) is 17.0 Å². The lowest BCUT2D eigenvalue weighted by atomic mass is 10.1. The number of ether oxygens (including phenoxy) is 1. The van der Waals surface area contributed by atoms with Crippen molar-refractivity contribution in [1.82, 2.24) is 15.1 Å². The van der Waals surface area contributed by atoms with Gasteiger partial charge in [0.2, 0.25) is 15.9 Å². The molecule has 1 saturated heterocycles. The highest BCUT2D eigenvalue weighted by Crippen LogP contribution is 2.33. The van der Waals surface area contributed by atoms with Crippen LogP contribution >= 0.6 is 0 Å². The fraction of sp³-hybridized carbons (Fsp3) is 0.421. The minimum absolute atomic E-state index is 0.160. The Balaban J connectivity index is 1.52. The molecule has 0 radical (unpaired) electrons. The maximum atomic E-state index is 13.3. The molecule has 9 heteroatoms. The Bertz CT molecular complexity index is 978. The molecule has 0 N–H and O–H groups in total. The summed E-state index contributed by atoms with van der Waals surface area (Å²) in [7, 11) is -2.08. The van der Waals surface area contributed by atoms with Crippen molar-refractivity contribution in [1.29, 1.82) is 0 Å². The highest BCUT2D eigenvalue weighted by molar-refractivity contribution is 7.93. The summed E-state index contributed by atoms with van der Waals surface area (Å²) in [4.78, 5) is 14.3. The minimum Gasteiger partial charge on any atom is -0.480 e. The van der Waals surface area contributed by atoms with Gasteiger partial charge >= 0.3 is 0 Å². The van der Waals surface area contributed by atoms with Gasteiger partial charge in [0.25, 0.3) is 5.91 Å². The van der Waals surface area contributed by atoms with E-state index < -0.39 is 15.3 Å². The van der Waals surface area contributed by atoms with E-state index in [-0.39, 0.29) is 18.1 Å². The van der Waals surface area contributed by atoms with Crippen LogP contribution in [0.25, 0.3) is 0 Å². The highest BCUT2D eigenvalue weighted by Gasteiger charge is 2.39. The van der Waals surface area contributed by atoms with Gasteiger partial charge in [-0.25, -0.2) is 8.42 Å². The van der Waals surface area contributed by atoms with Gasteiger partial charge in [-0.05, 0) is 37.0 Å². The molecule has 1 aromatic heterocycles. The van der Waals surface area contributed by atoms with E-state index in [4.69, 9.17) is 4.74 Å². The van der Waals surface area contributed by atoms with Crippen molar-refractivity contribution >= 4 is 21.6 Å². The number of fused-ring (bicyclic) bond motifs is 1. The quantitative estimate of drug-likeness (QED) is 0.769. The number of piperidine rings is 1. The number of rotatable bonds is 4. The normalized spacial score (nSPS) is 19.4. The lowest BCUT2D eigenvalue weighted by molar-refractivity contribution is 0.0719. The number of carbonyl (C=O) groups excluding carboxylic acids is 1. The summed E-state index contributed by atoms with van der Waals surface area (Å²) in [6, 6.07) is 10.7. The summed E-state index contributed by atoms with van der Waals surface area (Å²) in [6.07, 6.45) is 1.89. The number of likely N-dealkylation sites (tertiary alicyclic amines) is 1. The highest BCUT2D eigenvalue weighted by atomic mass is 32.2. The molecule has 8 nitrogen and oxygen atoms in total. The average Bonchev–Trinajstić information content (AvgIpc) is 3.18. The van der Waals surface area contributed by atoms with Crippen LogP contribution in [0.3, 0.4) is 0 Å². The minimum atomic E-state index is -3.55. The zero-order valence-electron chi connectivity index (χ0n) is 15.6. The Hall–Kier alpha value is -2.68. The molecule has 1 aromatic carbocycles. The molecule has 1 atom stereocenters. The molecule has 3 heterocycles. The summed E-state index contributed by atoms with van der Waals surface area (Å²) >= 11 is 0. The second kappa shape index (κ2) is 7.38.